The molecule has 0 aliphatic rings. The van der Waals surface area contributed by atoms with Crippen LogP contribution < -0.4 is 0 Å². The summed E-state index contributed by atoms with van der Waals surface area (Å²) in [6.07, 6.45) is -10.4. The molecule has 115 valence electrons. The number of rotatable bonds is 0. The van der Waals surface area contributed by atoms with Gasteiger partial charge < -0.3 is 25.3 Å². The van der Waals surface area contributed by atoms with Crippen LogP contribution in [0.25, 0.3) is 0 Å². The van der Waals surface area contributed by atoms with Crippen molar-refractivity contribution in [1.82, 2.24) is 0 Å². The Kier molecular flexibility index (Phi) is 13.4. The van der Waals surface area contributed by atoms with Gasteiger partial charge in [0.25, 0.3) is 0 Å². The summed E-state index contributed by atoms with van der Waals surface area (Å²) in [4.78, 5) is -4.41. The average molecular weight is 376 g/mol. The van der Waals surface area contributed by atoms with Crippen molar-refractivity contribution in [2.24, 2.45) is 0 Å². The first kappa shape index (κ1) is 24.3. The van der Waals surface area contributed by atoms with Crippen molar-refractivity contribution < 1.29 is 48.2 Å². The zero-order chi connectivity index (χ0) is 15.7. The van der Waals surface area contributed by atoms with Gasteiger partial charge in [0.2, 0.25) is 0 Å². The molecule has 0 N–H and O–H groups in total. The first-order valence-corrected chi connectivity index (χ1v) is 4.96. The Labute approximate surface area is 131 Å². The minimum atomic E-state index is -5.19. The molecule has 0 unspecified atom stereocenters. The summed E-state index contributed by atoms with van der Waals surface area (Å²) >= 11 is 6.95. The van der Waals surface area contributed by atoms with Crippen LogP contribution in [0.3, 0.4) is 0 Å². The molecule has 1 aromatic rings. The van der Waals surface area contributed by atoms with E-state index in [1.807, 2.05) is 30.3 Å². The normalized spacial score (nSPS) is 11.6. The molecule has 1 radical (unpaired) electrons. The van der Waals surface area contributed by atoms with E-state index in [1.54, 1.807) is 0 Å². The Hall–Kier alpha value is -0.701. The SMILES string of the molecule is FC(F)(F)C([S-])=C([S-])C(F)(F)F.N#[O+].[Mn].c1cc[cH-]c1. The van der Waals surface area contributed by atoms with Crippen molar-refractivity contribution in [3.8, 4) is 0 Å². The average Bonchev–Trinajstić information content (AvgIpc) is 2.86. The molecule has 20 heavy (non-hydrogen) atoms. The Morgan fingerprint density at radius 3 is 1.20 bits per heavy atom. The largest absolute Gasteiger partial charge is 0.214 e. The van der Waals surface area contributed by atoms with E-state index in [-0.39, 0.29) is 17.1 Å². The van der Waals surface area contributed by atoms with Crippen LogP contribution in [0.4, 0.5) is 26.3 Å². The summed E-state index contributed by atoms with van der Waals surface area (Å²) in [5.74, 6) is 0. The van der Waals surface area contributed by atoms with Gasteiger partial charge in [-0.05, 0) is 0 Å². The third-order valence-electron chi connectivity index (χ3n) is 1.28. The Bertz CT molecular complexity index is 360. The van der Waals surface area contributed by atoms with Crippen molar-refractivity contribution in [2.75, 3.05) is 0 Å². The second-order valence-electron chi connectivity index (χ2n) is 2.62. The molecule has 11 heteroatoms. The van der Waals surface area contributed by atoms with Gasteiger partial charge in [-0.25, -0.2) is 12.1 Å². The van der Waals surface area contributed by atoms with E-state index in [4.69, 9.17) is 10.2 Å². The van der Waals surface area contributed by atoms with Crippen molar-refractivity contribution in [3.63, 3.8) is 0 Å². The van der Waals surface area contributed by atoms with E-state index in [0.717, 1.165) is 0 Å². The first-order chi connectivity index (χ1) is 8.57. The molecule has 0 saturated carbocycles. The van der Waals surface area contributed by atoms with Gasteiger partial charge in [0, 0.05) is 17.1 Å². The summed E-state index contributed by atoms with van der Waals surface area (Å²) < 4.78 is 76.3. The number of allylic oxidation sites excluding steroid dienone is 2. The topological polar surface area (TPSA) is 43.7 Å². The molecule has 0 amide bonds. The molecule has 0 saturated heterocycles. The van der Waals surface area contributed by atoms with Gasteiger partial charge in [0.1, 0.15) is 0 Å². The Balaban J connectivity index is -0.000000300. The van der Waals surface area contributed by atoms with E-state index in [9.17, 15) is 26.3 Å². The molecule has 0 bridgehead atoms. The van der Waals surface area contributed by atoms with Crippen LogP contribution in [0.2, 0.25) is 0 Å². The summed E-state index contributed by atoms with van der Waals surface area (Å²) in [6, 6.07) is 10.0. The van der Waals surface area contributed by atoms with Crippen LogP contribution in [-0.4, -0.2) is 12.4 Å². The Morgan fingerprint density at radius 2 is 1.10 bits per heavy atom. The molecule has 0 aromatic heterocycles. The molecule has 1 aromatic carbocycles. The molecule has 0 heterocycles. The van der Waals surface area contributed by atoms with Gasteiger partial charge in [-0.1, -0.05) is 0 Å². The van der Waals surface area contributed by atoms with Crippen molar-refractivity contribution in [2.45, 2.75) is 12.4 Å². The predicted molar refractivity (Wildman–Crippen MR) is 58.3 cm³/mol. The smallest absolute Gasteiger partial charge is 0 e. The van der Waals surface area contributed by atoms with E-state index in [2.05, 4.69) is 25.3 Å². The molecule has 0 atom stereocenters. The number of hydrogen-bond donors (Lipinski definition) is 0. The van der Waals surface area contributed by atoms with Gasteiger partial charge >= 0.3 is 22.6 Å². The van der Waals surface area contributed by atoms with Crippen molar-refractivity contribution in [1.29, 1.82) is 5.46 Å². The maximum absolute atomic E-state index is 11.5. The first-order valence-electron chi connectivity index (χ1n) is 4.14. The second-order valence-corrected chi connectivity index (χ2v) is 3.43. The number of alkyl halides is 6. The van der Waals surface area contributed by atoms with Crippen LogP contribution >= 0.6 is 0 Å². The van der Waals surface area contributed by atoms with Crippen LogP contribution in [0, 0.1) is 5.46 Å². The van der Waals surface area contributed by atoms with Crippen LogP contribution in [0.5, 0.6) is 0 Å². The zero-order valence-electron chi connectivity index (χ0n) is 9.20. The number of hydrogen-bond acceptors (Lipinski definition) is 3. The second kappa shape index (κ2) is 11.0. The van der Waals surface area contributed by atoms with Gasteiger partial charge in [-0.3, -0.25) is 0 Å². The Morgan fingerprint density at radius 1 is 0.850 bits per heavy atom. The minimum Gasteiger partial charge on any atom is -0.214 e. The molecular formula is C9H5F6MnNOS2-2. The van der Waals surface area contributed by atoms with Crippen molar-refractivity contribution >= 4 is 25.3 Å². The van der Waals surface area contributed by atoms with E-state index in [1.165, 1.54) is 0 Å². The third-order valence-corrected chi connectivity index (χ3v) is 2.28. The maximum Gasteiger partial charge on any atom is 0 e. The number of nitrogens with zero attached hydrogens (tertiary/aromatic N) is 1. The maximum atomic E-state index is 11.5. The van der Waals surface area contributed by atoms with Crippen LogP contribution in [0.1, 0.15) is 0 Å². The molecular weight excluding hydrogens is 371 g/mol. The van der Waals surface area contributed by atoms with Crippen LogP contribution in [-0.2, 0) is 47.1 Å². The monoisotopic (exact) mass is 376 g/mol. The number of halogens is 6. The van der Waals surface area contributed by atoms with Gasteiger partial charge in [-0.2, -0.15) is 44.5 Å². The molecule has 1 rings (SSSR count). The summed E-state index contributed by atoms with van der Waals surface area (Å²) in [6.45, 7) is 0. The minimum absolute atomic E-state index is 0. The molecule has 0 fully saturated rings. The summed E-state index contributed by atoms with van der Waals surface area (Å²) in [5, 5.41) is 0. The van der Waals surface area contributed by atoms with Gasteiger partial charge in [0.15, 0.2) is 0 Å². The quantitative estimate of drug-likeness (QED) is 0.228. The van der Waals surface area contributed by atoms with E-state index < -0.39 is 22.2 Å². The molecule has 0 spiro atoms. The van der Waals surface area contributed by atoms with Crippen molar-refractivity contribution in [3.05, 3.63) is 40.1 Å². The zero-order valence-corrected chi connectivity index (χ0v) is 12.0. The third kappa shape index (κ3) is 11.2. The fourth-order valence-corrected chi connectivity index (χ4v) is 0.810. The summed E-state index contributed by atoms with van der Waals surface area (Å²) in [5.41, 5.74) is 5.75. The molecule has 0 aliphatic heterocycles. The van der Waals surface area contributed by atoms with Gasteiger partial charge in [-0.15, -0.1) is 9.81 Å². The van der Waals surface area contributed by atoms with E-state index >= 15 is 0 Å². The molecule has 0 aliphatic carbocycles. The van der Waals surface area contributed by atoms with E-state index in [0.29, 0.717) is 0 Å². The molecule has 2 nitrogen and oxygen atoms in total. The summed E-state index contributed by atoms with van der Waals surface area (Å²) in [7, 11) is 0. The fraction of sp³-hybridized carbons (Fsp3) is 0.222. The predicted octanol–water partition coefficient (Wildman–Crippen LogP) is 3.72. The van der Waals surface area contributed by atoms with Crippen LogP contribution in [0.15, 0.2) is 40.1 Å². The van der Waals surface area contributed by atoms with Gasteiger partial charge in [0.05, 0.1) is 0 Å². The standard InChI is InChI=1S/C5H5.C4H2F6S2.Mn.NO/c1-2-4-5-3-1;5-3(6,7)1(11)2(12)4(8,9)10;;1-2/h1-5H;11-12H;;/q-1;;;+1/p-2. The fourth-order valence-electron chi connectivity index (χ4n) is 0.578.